The molecule has 0 bridgehead atoms. The first-order valence-electron chi connectivity index (χ1n) is 5.66. The van der Waals surface area contributed by atoms with Gasteiger partial charge in [0.25, 0.3) is 0 Å². The Hall–Kier alpha value is -0.380. The van der Waals surface area contributed by atoms with Crippen molar-refractivity contribution in [2.24, 2.45) is 5.92 Å². The molecule has 0 aromatic carbocycles. The number of hydrogen-bond acceptors (Lipinski definition) is 3. The summed E-state index contributed by atoms with van der Waals surface area (Å²) in [6.07, 6.45) is 4.57. The van der Waals surface area contributed by atoms with Crippen molar-refractivity contribution in [3.8, 4) is 0 Å². The Balaban J connectivity index is 2.03. The van der Waals surface area contributed by atoms with Crippen LogP contribution in [0.5, 0.6) is 0 Å². The largest absolute Gasteiger partial charge is 0.385 e. The third kappa shape index (κ3) is 2.65. The Morgan fingerprint density at radius 1 is 1.38 bits per heavy atom. The van der Waals surface area contributed by atoms with Crippen LogP contribution in [0, 0.1) is 5.92 Å². The molecule has 1 fully saturated rings. The van der Waals surface area contributed by atoms with Gasteiger partial charge in [0.2, 0.25) is 5.78 Å². The molecule has 1 unspecified atom stereocenters. The van der Waals surface area contributed by atoms with E-state index in [0.29, 0.717) is 9.21 Å². The molecule has 1 aliphatic carbocycles. The van der Waals surface area contributed by atoms with E-state index in [0.717, 1.165) is 25.7 Å². The monoisotopic (exact) mass is 258 g/mol. The van der Waals surface area contributed by atoms with Gasteiger partial charge >= 0.3 is 0 Å². The Bertz CT molecular complexity index is 369. The summed E-state index contributed by atoms with van der Waals surface area (Å²) >= 11 is 7.02. The molecule has 1 N–H and O–H groups in total. The van der Waals surface area contributed by atoms with Crippen LogP contribution >= 0.6 is 22.9 Å². The first kappa shape index (κ1) is 12.1. The van der Waals surface area contributed by atoms with Crippen LogP contribution in [0.25, 0.3) is 0 Å². The maximum atomic E-state index is 12.0. The van der Waals surface area contributed by atoms with Crippen LogP contribution in [0.2, 0.25) is 4.34 Å². The molecule has 16 heavy (non-hydrogen) atoms. The number of thiophene rings is 1. The van der Waals surface area contributed by atoms with Gasteiger partial charge in [-0.25, -0.2) is 0 Å². The normalized spacial score (nSPS) is 19.6. The average Bonchev–Trinajstić information content (AvgIpc) is 2.75. The Morgan fingerprint density at radius 2 is 2.06 bits per heavy atom. The van der Waals surface area contributed by atoms with Crippen molar-refractivity contribution in [2.75, 3.05) is 0 Å². The number of aliphatic hydroxyl groups excluding tert-OH is 1. The summed E-state index contributed by atoms with van der Waals surface area (Å²) in [6.45, 7) is 0. The standard InChI is InChI=1S/C12H15ClO2S/c13-10-7-6-9(16-10)12(15)11(14)8-4-2-1-3-5-8/h6-8,11,14H,1-5H2. The first-order valence-corrected chi connectivity index (χ1v) is 6.85. The Labute approximate surface area is 104 Å². The predicted octanol–water partition coefficient (Wildman–Crippen LogP) is 3.53. The van der Waals surface area contributed by atoms with E-state index in [-0.39, 0.29) is 11.7 Å². The molecular formula is C12H15ClO2S. The number of ketones is 1. The second kappa shape index (κ2) is 5.30. The summed E-state index contributed by atoms with van der Waals surface area (Å²) < 4.78 is 0.596. The van der Waals surface area contributed by atoms with Gasteiger partial charge in [-0.15, -0.1) is 11.3 Å². The molecule has 0 radical (unpaired) electrons. The predicted molar refractivity (Wildman–Crippen MR) is 66.2 cm³/mol. The Morgan fingerprint density at radius 3 is 2.62 bits per heavy atom. The van der Waals surface area contributed by atoms with E-state index < -0.39 is 6.10 Å². The van der Waals surface area contributed by atoms with Crippen molar-refractivity contribution >= 4 is 28.7 Å². The zero-order valence-electron chi connectivity index (χ0n) is 8.99. The van der Waals surface area contributed by atoms with Crippen LogP contribution in [-0.4, -0.2) is 17.0 Å². The third-order valence-corrected chi connectivity index (χ3v) is 4.43. The van der Waals surface area contributed by atoms with E-state index in [1.807, 2.05) is 0 Å². The summed E-state index contributed by atoms with van der Waals surface area (Å²) in [5, 5.41) is 10.0. The van der Waals surface area contributed by atoms with Gasteiger partial charge in [0.1, 0.15) is 6.10 Å². The lowest BCUT2D eigenvalue weighted by molar-refractivity contribution is 0.0539. The molecule has 1 saturated carbocycles. The van der Waals surface area contributed by atoms with Crippen LogP contribution in [-0.2, 0) is 0 Å². The highest BCUT2D eigenvalue weighted by Gasteiger charge is 2.28. The average molecular weight is 259 g/mol. The highest BCUT2D eigenvalue weighted by Crippen LogP contribution is 2.30. The van der Waals surface area contributed by atoms with E-state index in [2.05, 4.69) is 0 Å². The van der Waals surface area contributed by atoms with Crippen LogP contribution in [0.1, 0.15) is 41.8 Å². The molecule has 1 atom stereocenters. The van der Waals surface area contributed by atoms with Gasteiger partial charge in [-0.1, -0.05) is 30.9 Å². The molecule has 1 aromatic heterocycles. The lowest BCUT2D eigenvalue weighted by Gasteiger charge is -2.25. The second-order valence-corrected chi connectivity index (χ2v) is 6.03. The van der Waals surface area contributed by atoms with Crippen molar-refractivity contribution in [2.45, 2.75) is 38.2 Å². The van der Waals surface area contributed by atoms with Crippen molar-refractivity contribution < 1.29 is 9.90 Å². The van der Waals surface area contributed by atoms with Crippen molar-refractivity contribution in [1.82, 2.24) is 0 Å². The fourth-order valence-corrected chi connectivity index (χ4v) is 3.27. The number of hydrogen-bond donors (Lipinski definition) is 1. The SMILES string of the molecule is O=C(c1ccc(Cl)s1)C(O)C1CCCCC1. The number of aliphatic hydroxyl groups is 1. The van der Waals surface area contributed by atoms with E-state index in [4.69, 9.17) is 11.6 Å². The highest BCUT2D eigenvalue weighted by atomic mass is 35.5. The van der Waals surface area contributed by atoms with Crippen molar-refractivity contribution in [3.63, 3.8) is 0 Å². The molecule has 1 aliphatic rings. The number of Topliss-reactive ketones (excluding diaryl/α,β-unsaturated/α-hetero) is 1. The zero-order valence-corrected chi connectivity index (χ0v) is 10.6. The molecule has 1 aromatic rings. The van der Waals surface area contributed by atoms with Crippen LogP contribution in [0.15, 0.2) is 12.1 Å². The third-order valence-electron chi connectivity index (χ3n) is 3.18. The maximum absolute atomic E-state index is 12.0. The molecule has 2 nitrogen and oxygen atoms in total. The lowest BCUT2D eigenvalue weighted by atomic mass is 9.83. The fraction of sp³-hybridized carbons (Fsp3) is 0.583. The second-order valence-electron chi connectivity index (χ2n) is 4.31. The molecule has 0 spiro atoms. The molecule has 1 heterocycles. The van der Waals surface area contributed by atoms with Gasteiger partial charge in [0, 0.05) is 0 Å². The quantitative estimate of drug-likeness (QED) is 0.843. The highest BCUT2D eigenvalue weighted by molar-refractivity contribution is 7.18. The number of carbonyl (C=O) groups is 1. The maximum Gasteiger partial charge on any atom is 0.201 e. The Kier molecular flexibility index (Phi) is 4.00. The summed E-state index contributed by atoms with van der Waals surface area (Å²) in [7, 11) is 0. The number of carbonyl (C=O) groups excluding carboxylic acids is 1. The zero-order chi connectivity index (χ0) is 11.5. The molecule has 88 valence electrons. The lowest BCUT2D eigenvalue weighted by Crippen LogP contribution is -2.30. The fourth-order valence-electron chi connectivity index (χ4n) is 2.26. The molecule has 2 rings (SSSR count). The van der Waals surface area contributed by atoms with Gasteiger partial charge in [-0.3, -0.25) is 4.79 Å². The smallest absolute Gasteiger partial charge is 0.201 e. The summed E-state index contributed by atoms with van der Waals surface area (Å²) in [6, 6.07) is 3.40. The first-order chi connectivity index (χ1) is 7.68. The van der Waals surface area contributed by atoms with Gasteiger partial charge < -0.3 is 5.11 Å². The minimum absolute atomic E-state index is 0.141. The summed E-state index contributed by atoms with van der Waals surface area (Å²) in [5.41, 5.74) is 0. The number of rotatable bonds is 3. The number of halogens is 1. The van der Waals surface area contributed by atoms with Crippen LogP contribution in [0.3, 0.4) is 0 Å². The van der Waals surface area contributed by atoms with Gasteiger partial charge in [0.15, 0.2) is 0 Å². The van der Waals surface area contributed by atoms with E-state index in [1.165, 1.54) is 17.8 Å². The summed E-state index contributed by atoms with van der Waals surface area (Å²) in [5.74, 6) is -0.0223. The van der Waals surface area contributed by atoms with E-state index in [1.54, 1.807) is 12.1 Å². The molecular weight excluding hydrogens is 244 g/mol. The summed E-state index contributed by atoms with van der Waals surface area (Å²) in [4.78, 5) is 12.5. The minimum atomic E-state index is -0.838. The van der Waals surface area contributed by atoms with Gasteiger partial charge in [-0.05, 0) is 30.9 Å². The van der Waals surface area contributed by atoms with Crippen molar-refractivity contribution in [1.29, 1.82) is 0 Å². The molecule has 0 aliphatic heterocycles. The molecule has 0 saturated heterocycles. The van der Waals surface area contributed by atoms with Gasteiger partial charge in [-0.2, -0.15) is 0 Å². The molecule has 0 amide bonds. The topological polar surface area (TPSA) is 37.3 Å². The van der Waals surface area contributed by atoms with Crippen molar-refractivity contribution in [3.05, 3.63) is 21.3 Å². The van der Waals surface area contributed by atoms with Crippen LogP contribution < -0.4 is 0 Å². The van der Waals surface area contributed by atoms with Gasteiger partial charge in [0.05, 0.1) is 9.21 Å². The molecule has 4 heteroatoms. The van der Waals surface area contributed by atoms with E-state index >= 15 is 0 Å². The van der Waals surface area contributed by atoms with E-state index in [9.17, 15) is 9.90 Å². The van der Waals surface area contributed by atoms with Crippen LogP contribution in [0.4, 0.5) is 0 Å². The minimum Gasteiger partial charge on any atom is -0.385 e.